The van der Waals surface area contributed by atoms with Crippen molar-refractivity contribution in [1.29, 1.82) is 0 Å². The van der Waals surface area contributed by atoms with Gasteiger partial charge in [0.1, 0.15) is 11.4 Å². The molecule has 2 nitrogen and oxygen atoms in total. The van der Waals surface area contributed by atoms with E-state index in [0.717, 1.165) is 6.07 Å². The minimum absolute atomic E-state index is 0.170. The van der Waals surface area contributed by atoms with Crippen LogP contribution in [0.25, 0.3) is 11.0 Å². The summed E-state index contributed by atoms with van der Waals surface area (Å²) in [6.07, 6.45) is 0.561. The normalized spacial score (nSPS) is 13.2. The Hall–Kier alpha value is -1.42. The van der Waals surface area contributed by atoms with E-state index in [2.05, 4.69) is 5.32 Å². The molecule has 0 saturated carbocycles. The van der Waals surface area contributed by atoms with Crippen molar-refractivity contribution in [2.45, 2.75) is 19.4 Å². The van der Waals surface area contributed by atoms with Crippen LogP contribution < -0.4 is 5.32 Å². The highest BCUT2D eigenvalue weighted by atomic mass is 19.1. The number of hydrogen-bond acceptors (Lipinski definition) is 2. The second kappa shape index (κ2) is 4.22. The Morgan fingerprint density at radius 3 is 2.81 bits per heavy atom. The van der Waals surface area contributed by atoms with Crippen molar-refractivity contribution in [1.82, 2.24) is 5.32 Å². The van der Waals surface area contributed by atoms with Crippen LogP contribution >= 0.6 is 0 Å². The topological polar surface area (TPSA) is 25.2 Å². The Balaban J connectivity index is 2.43. The molecule has 0 radical (unpaired) electrons. The summed E-state index contributed by atoms with van der Waals surface area (Å²) in [7, 11) is 1.82. The second-order valence-corrected chi connectivity index (χ2v) is 3.89. The van der Waals surface area contributed by atoms with Gasteiger partial charge in [-0.3, -0.25) is 0 Å². The van der Waals surface area contributed by atoms with Gasteiger partial charge in [-0.2, -0.15) is 4.39 Å². The molecule has 0 unspecified atom stereocenters. The molecule has 86 valence electrons. The van der Waals surface area contributed by atoms with Gasteiger partial charge >= 0.3 is 0 Å². The molecule has 2 aromatic rings. The molecule has 0 aliphatic carbocycles. The molecule has 4 heteroatoms. The van der Waals surface area contributed by atoms with Crippen LogP contribution in [0.15, 0.2) is 22.6 Å². The second-order valence-electron chi connectivity index (χ2n) is 3.89. The molecule has 0 bridgehead atoms. The maximum Gasteiger partial charge on any atom is 0.278 e. The average molecular weight is 225 g/mol. The van der Waals surface area contributed by atoms with Gasteiger partial charge in [-0.25, -0.2) is 4.39 Å². The van der Waals surface area contributed by atoms with E-state index in [-0.39, 0.29) is 17.0 Å². The van der Waals surface area contributed by atoms with E-state index in [1.54, 1.807) is 12.1 Å². The Morgan fingerprint density at radius 2 is 2.12 bits per heavy atom. The summed E-state index contributed by atoms with van der Waals surface area (Å²) in [6, 6.07) is 3.72. The number of likely N-dealkylation sites (N-methyl/N-ethyl adjacent to an activating group) is 1. The van der Waals surface area contributed by atoms with Crippen molar-refractivity contribution in [2.24, 2.45) is 0 Å². The van der Waals surface area contributed by atoms with Gasteiger partial charge in [0, 0.05) is 12.1 Å². The summed E-state index contributed by atoms with van der Waals surface area (Å²) in [5.74, 6) is -0.396. The number of rotatable bonds is 3. The molecule has 1 heterocycles. The molecule has 0 fully saturated rings. The zero-order valence-electron chi connectivity index (χ0n) is 9.18. The van der Waals surface area contributed by atoms with Crippen LogP contribution in [0, 0.1) is 11.8 Å². The third-order valence-electron chi connectivity index (χ3n) is 2.70. The number of furan rings is 1. The molecular formula is C12H13F2NO. The smallest absolute Gasteiger partial charge is 0.278 e. The Morgan fingerprint density at radius 1 is 1.38 bits per heavy atom. The first-order valence-electron chi connectivity index (χ1n) is 5.15. The zero-order valence-corrected chi connectivity index (χ0v) is 9.18. The number of benzene rings is 1. The maximum absolute atomic E-state index is 13.9. The van der Waals surface area contributed by atoms with Crippen LogP contribution in [0.2, 0.25) is 0 Å². The van der Waals surface area contributed by atoms with Crippen LogP contribution in [-0.2, 0) is 6.42 Å². The van der Waals surface area contributed by atoms with Crippen molar-refractivity contribution >= 4 is 11.0 Å². The number of hydrogen-bond donors (Lipinski definition) is 1. The predicted molar refractivity (Wildman–Crippen MR) is 58.4 cm³/mol. The Labute approximate surface area is 92.2 Å². The molecule has 1 aromatic heterocycles. The first-order valence-corrected chi connectivity index (χ1v) is 5.15. The van der Waals surface area contributed by atoms with Crippen molar-refractivity contribution in [3.8, 4) is 0 Å². The maximum atomic E-state index is 13.9. The van der Waals surface area contributed by atoms with E-state index in [0.29, 0.717) is 12.0 Å². The van der Waals surface area contributed by atoms with E-state index in [4.69, 9.17) is 4.42 Å². The molecule has 1 atom stereocenters. The first kappa shape index (κ1) is 11.1. The van der Waals surface area contributed by atoms with Gasteiger partial charge in [-0.05, 0) is 32.0 Å². The number of fused-ring (bicyclic) bond motifs is 1. The third-order valence-corrected chi connectivity index (χ3v) is 2.70. The lowest BCUT2D eigenvalue weighted by Crippen LogP contribution is -2.23. The molecule has 0 saturated heterocycles. The molecule has 0 aliphatic heterocycles. The summed E-state index contributed by atoms with van der Waals surface area (Å²) in [4.78, 5) is 0. The van der Waals surface area contributed by atoms with Gasteiger partial charge in [-0.1, -0.05) is 6.07 Å². The minimum atomic E-state index is -0.757. The fraction of sp³-hybridized carbons (Fsp3) is 0.333. The van der Waals surface area contributed by atoms with Gasteiger partial charge in [0.2, 0.25) is 0 Å². The van der Waals surface area contributed by atoms with Crippen molar-refractivity contribution in [2.75, 3.05) is 7.05 Å². The third kappa shape index (κ3) is 1.93. The van der Waals surface area contributed by atoms with E-state index >= 15 is 0 Å². The van der Waals surface area contributed by atoms with Gasteiger partial charge in [0.15, 0.2) is 0 Å². The summed E-state index contributed by atoms with van der Waals surface area (Å²) in [5.41, 5.74) is 0.811. The highest BCUT2D eigenvalue weighted by Gasteiger charge is 2.13. The van der Waals surface area contributed by atoms with E-state index in [9.17, 15) is 8.78 Å². The lowest BCUT2D eigenvalue weighted by atomic mass is 10.0. The summed E-state index contributed by atoms with van der Waals surface area (Å²) in [6.45, 7) is 1.96. The van der Waals surface area contributed by atoms with Gasteiger partial charge in [0.25, 0.3) is 6.01 Å². The molecular weight excluding hydrogens is 212 g/mol. The van der Waals surface area contributed by atoms with Gasteiger partial charge in [0.05, 0.1) is 5.39 Å². The van der Waals surface area contributed by atoms with Gasteiger partial charge < -0.3 is 9.73 Å². The highest BCUT2D eigenvalue weighted by molar-refractivity contribution is 5.78. The van der Waals surface area contributed by atoms with Crippen LogP contribution in [-0.4, -0.2) is 13.1 Å². The van der Waals surface area contributed by atoms with Crippen LogP contribution in [0.5, 0.6) is 0 Å². The molecule has 0 spiro atoms. The van der Waals surface area contributed by atoms with Crippen LogP contribution in [0.4, 0.5) is 8.78 Å². The summed E-state index contributed by atoms with van der Waals surface area (Å²) in [5, 5.41) is 3.24. The van der Waals surface area contributed by atoms with Crippen LogP contribution in [0.3, 0.4) is 0 Å². The molecule has 0 amide bonds. The quantitative estimate of drug-likeness (QED) is 0.868. The van der Waals surface area contributed by atoms with Crippen LogP contribution in [0.1, 0.15) is 12.5 Å². The first-order chi connectivity index (χ1) is 7.61. The van der Waals surface area contributed by atoms with Crippen molar-refractivity contribution in [3.63, 3.8) is 0 Å². The highest BCUT2D eigenvalue weighted by Crippen LogP contribution is 2.24. The van der Waals surface area contributed by atoms with E-state index in [1.807, 2.05) is 14.0 Å². The average Bonchev–Trinajstić information content (AvgIpc) is 2.64. The van der Waals surface area contributed by atoms with Crippen molar-refractivity contribution in [3.05, 3.63) is 35.6 Å². The van der Waals surface area contributed by atoms with E-state index < -0.39 is 11.8 Å². The molecule has 1 N–H and O–H groups in total. The lowest BCUT2D eigenvalue weighted by Gasteiger charge is -2.10. The summed E-state index contributed by atoms with van der Waals surface area (Å²) < 4.78 is 31.5. The number of nitrogens with one attached hydrogen (secondary N) is 1. The molecule has 1 aromatic carbocycles. The minimum Gasteiger partial charge on any atom is -0.431 e. The standard InChI is InChI=1S/C12H13F2NO/c1-7(15-2)5-8-3-4-10-9(12(8)14)6-11(13)16-10/h3-4,6-7,15H,5H2,1-2H3/t7-/m1/s1. The predicted octanol–water partition coefficient (Wildman–Crippen LogP) is 2.86. The van der Waals surface area contributed by atoms with Gasteiger partial charge in [-0.15, -0.1) is 0 Å². The Kier molecular flexibility index (Phi) is 2.92. The monoisotopic (exact) mass is 225 g/mol. The Bertz CT molecular complexity index is 507. The van der Waals surface area contributed by atoms with E-state index in [1.165, 1.54) is 0 Å². The fourth-order valence-corrected chi connectivity index (χ4v) is 1.68. The molecule has 16 heavy (non-hydrogen) atoms. The van der Waals surface area contributed by atoms with Crippen molar-refractivity contribution < 1.29 is 13.2 Å². The largest absolute Gasteiger partial charge is 0.431 e. The molecule has 0 aliphatic rings. The zero-order chi connectivity index (χ0) is 11.7. The lowest BCUT2D eigenvalue weighted by molar-refractivity contribution is 0.381. The molecule has 2 rings (SSSR count). The summed E-state index contributed by atoms with van der Waals surface area (Å²) >= 11 is 0. The SMILES string of the molecule is CN[C@H](C)Cc1ccc2oc(F)cc2c1F. The fourth-order valence-electron chi connectivity index (χ4n) is 1.68. The number of halogens is 2.